The van der Waals surface area contributed by atoms with E-state index in [0.717, 1.165) is 25.7 Å². The first-order valence-corrected chi connectivity index (χ1v) is 8.33. The molecule has 1 saturated carbocycles. The third kappa shape index (κ3) is 3.07. The Kier molecular flexibility index (Phi) is 4.57. The van der Waals surface area contributed by atoms with Gasteiger partial charge in [-0.15, -0.1) is 0 Å². The standard InChI is InChI=1S/C18H24FNO3/c1-11(23-2)13-5-3-12(4-6-13)9-20-10-14-7-8-15(21)17(19)16(14)18(20)22/h7-8,11-13,21H,3-6,9-10H2,1-2H3. The van der Waals surface area contributed by atoms with Crippen LogP contribution in [0.5, 0.6) is 5.75 Å². The number of hydrogen-bond acceptors (Lipinski definition) is 3. The van der Waals surface area contributed by atoms with Crippen molar-refractivity contribution in [1.29, 1.82) is 0 Å². The van der Waals surface area contributed by atoms with Gasteiger partial charge >= 0.3 is 0 Å². The molecule has 1 N–H and O–H groups in total. The molecule has 1 aromatic rings. The summed E-state index contributed by atoms with van der Waals surface area (Å²) in [5, 5.41) is 9.46. The lowest BCUT2D eigenvalue weighted by Crippen LogP contribution is -2.33. The number of aromatic hydroxyl groups is 1. The fourth-order valence-corrected chi connectivity index (χ4v) is 3.90. The molecule has 0 saturated heterocycles. The fraction of sp³-hybridized carbons (Fsp3) is 0.611. The van der Waals surface area contributed by atoms with E-state index >= 15 is 0 Å². The van der Waals surface area contributed by atoms with Gasteiger partial charge in [0.15, 0.2) is 11.6 Å². The normalized spacial score (nSPS) is 25.5. The number of carbonyl (C=O) groups excluding carboxylic acids is 1. The van der Waals surface area contributed by atoms with Gasteiger partial charge in [0.1, 0.15) is 0 Å². The van der Waals surface area contributed by atoms with Crippen molar-refractivity contribution in [2.75, 3.05) is 13.7 Å². The first kappa shape index (κ1) is 16.2. The van der Waals surface area contributed by atoms with Crippen LogP contribution in [0.3, 0.4) is 0 Å². The molecule has 1 amide bonds. The van der Waals surface area contributed by atoms with Gasteiger partial charge in [-0.1, -0.05) is 6.07 Å². The molecule has 126 valence electrons. The molecule has 1 aliphatic carbocycles. The van der Waals surface area contributed by atoms with Crippen molar-refractivity contribution >= 4 is 5.91 Å². The molecular weight excluding hydrogens is 297 g/mol. The van der Waals surface area contributed by atoms with Gasteiger partial charge < -0.3 is 14.7 Å². The summed E-state index contributed by atoms with van der Waals surface area (Å²) in [4.78, 5) is 14.1. The van der Waals surface area contributed by atoms with Crippen molar-refractivity contribution in [2.24, 2.45) is 11.8 Å². The van der Waals surface area contributed by atoms with Crippen LogP contribution in [0.4, 0.5) is 4.39 Å². The molecule has 2 aliphatic rings. The number of methoxy groups -OCH3 is 1. The number of nitrogens with zero attached hydrogens (tertiary/aromatic N) is 1. The molecule has 1 aliphatic heterocycles. The van der Waals surface area contributed by atoms with Gasteiger partial charge in [-0.2, -0.15) is 0 Å². The number of carbonyl (C=O) groups is 1. The molecule has 1 unspecified atom stereocenters. The Morgan fingerprint density at radius 1 is 1.35 bits per heavy atom. The van der Waals surface area contributed by atoms with Crippen molar-refractivity contribution in [3.05, 3.63) is 29.1 Å². The van der Waals surface area contributed by atoms with Gasteiger partial charge in [-0.05, 0) is 56.1 Å². The van der Waals surface area contributed by atoms with Gasteiger partial charge in [0.25, 0.3) is 5.91 Å². The number of ether oxygens (including phenoxy) is 1. The molecule has 0 aromatic heterocycles. The maximum atomic E-state index is 14.0. The Balaban J connectivity index is 1.61. The summed E-state index contributed by atoms with van der Waals surface area (Å²) in [5.41, 5.74) is 0.721. The Morgan fingerprint density at radius 2 is 2.04 bits per heavy atom. The third-order valence-corrected chi connectivity index (χ3v) is 5.48. The van der Waals surface area contributed by atoms with Crippen molar-refractivity contribution < 1.29 is 19.0 Å². The summed E-state index contributed by atoms with van der Waals surface area (Å²) < 4.78 is 19.4. The van der Waals surface area contributed by atoms with Crippen molar-refractivity contribution in [2.45, 2.75) is 45.3 Å². The summed E-state index contributed by atoms with van der Waals surface area (Å²) in [6, 6.07) is 2.96. The van der Waals surface area contributed by atoms with Gasteiger partial charge in [-0.3, -0.25) is 4.79 Å². The van der Waals surface area contributed by atoms with Crippen LogP contribution in [0, 0.1) is 17.7 Å². The summed E-state index contributed by atoms with van der Waals surface area (Å²) in [7, 11) is 1.75. The molecular formula is C18H24FNO3. The Morgan fingerprint density at radius 3 is 2.70 bits per heavy atom. The Bertz CT molecular complexity index is 596. The summed E-state index contributed by atoms with van der Waals surface area (Å²) >= 11 is 0. The minimum absolute atomic E-state index is 0.0479. The number of benzene rings is 1. The second kappa shape index (κ2) is 6.48. The van der Waals surface area contributed by atoms with Crippen LogP contribution in [-0.4, -0.2) is 35.7 Å². The zero-order valence-corrected chi connectivity index (χ0v) is 13.7. The number of fused-ring (bicyclic) bond motifs is 1. The first-order chi connectivity index (χ1) is 11.0. The second-order valence-corrected chi connectivity index (χ2v) is 6.84. The van der Waals surface area contributed by atoms with Crippen LogP contribution >= 0.6 is 0 Å². The minimum Gasteiger partial charge on any atom is -0.505 e. The summed E-state index contributed by atoms with van der Waals surface area (Å²) in [6.07, 6.45) is 4.66. The second-order valence-electron chi connectivity index (χ2n) is 6.84. The molecule has 23 heavy (non-hydrogen) atoms. The molecule has 1 aromatic carbocycles. The number of amides is 1. The highest BCUT2D eigenvalue weighted by Gasteiger charge is 2.34. The van der Waals surface area contributed by atoms with Crippen molar-refractivity contribution in [1.82, 2.24) is 4.90 Å². The predicted octanol–water partition coefficient (Wildman–Crippen LogP) is 3.33. The highest BCUT2D eigenvalue weighted by atomic mass is 19.1. The van der Waals surface area contributed by atoms with Crippen LogP contribution in [-0.2, 0) is 11.3 Å². The molecule has 1 atom stereocenters. The fourth-order valence-electron chi connectivity index (χ4n) is 3.90. The van der Waals surface area contributed by atoms with E-state index in [4.69, 9.17) is 4.74 Å². The van der Waals surface area contributed by atoms with Crippen LogP contribution in [0.15, 0.2) is 12.1 Å². The zero-order chi connectivity index (χ0) is 16.6. The molecule has 5 heteroatoms. The molecule has 1 fully saturated rings. The highest BCUT2D eigenvalue weighted by Crippen LogP contribution is 2.35. The van der Waals surface area contributed by atoms with E-state index in [0.29, 0.717) is 30.5 Å². The van der Waals surface area contributed by atoms with E-state index in [1.165, 1.54) is 6.07 Å². The third-order valence-electron chi connectivity index (χ3n) is 5.48. The molecule has 1 heterocycles. The monoisotopic (exact) mass is 321 g/mol. The zero-order valence-electron chi connectivity index (χ0n) is 13.7. The van der Waals surface area contributed by atoms with E-state index in [1.54, 1.807) is 18.1 Å². The topological polar surface area (TPSA) is 49.8 Å². The van der Waals surface area contributed by atoms with Crippen LogP contribution in [0.2, 0.25) is 0 Å². The van der Waals surface area contributed by atoms with Crippen LogP contribution in [0.1, 0.15) is 48.5 Å². The number of phenolic OH excluding ortho intramolecular Hbond substituents is 1. The number of rotatable bonds is 4. The van der Waals surface area contributed by atoms with Gasteiger partial charge in [0.2, 0.25) is 0 Å². The predicted molar refractivity (Wildman–Crippen MR) is 84.7 cm³/mol. The highest BCUT2D eigenvalue weighted by molar-refractivity contribution is 5.99. The quantitative estimate of drug-likeness (QED) is 0.925. The van der Waals surface area contributed by atoms with Gasteiger partial charge in [-0.25, -0.2) is 4.39 Å². The first-order valence-electron chi connectivity index (χ1n) is 8.33. The molecule has 3 rings (SSSR count). The van der Waals surface area contributed by atoms with Crippen LogP contribution < -0.4 is 0 Å². The lowest BCUT2D eigenvalue weighted by Gasteiger charge is -2.33. The summed E-state index contributed by atoms with van der Waals surface area (Å²) in [6.45, 7) is 3.22. The maximum Gasteiger partial charge on any atom is 0.257 e. The van der Waals surface area contributed by atoms with E-state index in [1.807, 2.05) is 0 Å². The van der Waals surface area contributed by atoms with Crippen molar-refractivity contribution in [3.63, 3.8) is 0 Å². The minimum atomic E-state index is -0.785. The smallest absolute Gasteiger partial charge is 0.257 e. The van der Waals surface area contributed by atoms with E-state index in [-0.39, 0.29) is 17.6 Å². The van der Waals surface area contributed by atoms with Crippen LogP contribution in [0.25, 0.3) is 0 Å². The number of hydrogen-bond donors (Lipinski definition) is 1. The largest absolute Gasteiger partial charge is 0.505 e. The molecule has 0 bridgehead atoms. The molecule has 0 radical (unpaired) electrons. The van der Waals surface area contributed by atoms with Gasteiger partial charge in [0.05, 0.1) is 11.7 Å². The lowest BCUT2D eigenvalue weighted by molar-refractivity contribution is 0.0381. The number of halogens is 1. The Hall–Kier alpha value is -1.62. The summed E-state index contributed by atoms with van der Waals surface area (Å²) in [5.74, 6) is -0.469. The molecule has 0 spiro atoms. The van der Waals surface area contributed by atoms with E-state index in [2.05, 4.69) is 6.92 Å². The SMILES string of the molecule is COC(C)C1CCC(CN2Cc3ccc(O)c(F)c3C2=O)CC1. The maximum absolute atomic E-state index is 14.0. The number of phenols is 1. The van der Waals surface area contributed by atoms with Gasteiger partial charge in [0, 0.05) is 20.2 Å². The Labute approximate surface area is 136 Å². The molecule has 4 nitrogen and oxygen atoms in total. The average molecular weight is 321 g/mol. The van der Waals surface area contributed by atoms with E-state index < -0.39 is 11.6 Å². The van der Waals surface area contributed by atoms with Crippen molar-refractivity contribution in [3.8, 4) is 5.75 Å². The van der Waals surface area contributed by atoms with E-state index in [9.17, 15) is 14.3 Å². The lowest BCUT2D eigenvalue weighted by atomic mass is 9.79. The average Bonchev–Trinajstić information content (AvgIpc) is 2.88.